The molecule has 0 fully saturated rings. The summed E-state index contributed by atoms with van der Waals surface area (Å²) in [4.78, 5) is 0. The second-order valence-electron chi connectivity index (χ2n) is 3.55. The van der Waals surface area contributed by atoms with Gasteiger partial charge >= 0.3 is 0 Å². The van der Waals surface area contributed by atoms with Crippen LogP contribution in [0.4, 0.5) is 0 Å². The number of benzene rings is 1. The van der Waals surface area contributed by atoms with Gasteiger partial charge in [0, 0.05) is 13.0 Å². The minimum absolute atomic E-state index is 0.790. The zero-order chi connectivity index (χ0) is 10.8. The summed E-state index contributed by atoms with van der Waals surface area (Å²) in [7, 11) is 0. The fourth-order valence-electron chi connectivity index (χ4n) is 1.28. The van der Waals surface area contributed by atoms with Gasteiger partial charge in [0.15, 0.2) is 0 Å². The van der Waals surface area contributed by atoms with Gasteiger partial charge in [-0.05, 0) is 12.0 Å². The summed E-state index contributed by atoms with van der Waals surface area (Å²) in [6.45, 7) is 3.89. The first-order chi connectivity index (χ1) is 7.43. The van der Waals surface area contributed by atoms with Gasteiger partial charge in [0.05, 0.1) is 6.54 Å². The predicted octanol–water partition coefficient (Wildman–Crippen LogP) is 2.97. The molecule has 1 N–H and O–H groups in total. The van der Waals surface area contributed by atoms with Crippen LogP contribution in [0.2, 0.25) is 0 Å². The minimum Gasteiger partial charge on any atom is -0.302 e. The molecule has 0 saturated carbocycles. The van der Waals surface area contributed by atoms with Crippen molar-refractivity contribution in [2.45, 2.75) is 32.7 Å². The predicted molar refractivity (Wildman–Crippen MR) is 65.4 cm³/mol. The maximum atomic E-state index is 3.30. The highest BCUT2D eigenvalue weighted by Crippen LogP contribution is 1.96. The highest BCUT2D eigenvalue weighted by Gasteiger charge is 1.87. The Bertz CT molecular complexity index is 305. The first-order valence-corrected chi connectivity index (χ1v) is 5.64. The Labute approximate surface area is 92.9 Å². The summed E-state index contributed by atoms with van der Waals surface area (Å²) >= 11 is 0. The summed E-state index contributed by atoms with van der Waals surface area (Å²) < 4.78 is 0. The SMILES string of the molecule is CCCCC#CCNCc1ccccc1. The Morgan fingerprint density at radius 2 is 1.93 bits per heavy atom. The molecule has 0 atom stereocenters. The lowest BCUT2D eigenvalue weighted by molar-refractivity contribution is 0.768. The third kappa shape index (κ3) is 5.93. The van der Waals surface area contributed by atoms with E-state index < -0.39 is 0 Å². The van der Waals surface area contributed by atoms with Crippen LogP contribution in [-0.4, -0.2) is 6.54 Å². The molecule has 80 valence electrons. The van der Waals surface area contributed by atoms with Gasteiger partial charge in [-0.2, -0.15) is 0 Å². The molecule has 0 aliphatic carbocycles. The Morgan fingerprint density at radius 3 is 2.67 bits per heavy atom. The van der Waals surface area contributed by atoms with Crippen LogP contribution in [0, 0.1) is 11.8 Å². The van der Waals surface area contributed by atoms with E-state index in [1.807, 2.05) is 6.07 Å². The summed E-state index contributed by atoms with van der Waals surface area (Å²) in [5.74, 6) is 6.29. The Hall–Kier alpha value is -1.26. The summed E-state index contributed by atoms with van der Waals surface area (Å²) in [5, 5.41) is 3.30. The molecule has 0 aliphatic heterocycles. The average molecular weight is 201 g/mol. The molecule has 0 bridgehead atoms. The second-order valence-corrected chi connectivity index (χ2v) is 3.55. The summed E-state index contributed by atoms with van der Waals surface area (Å²) in [5.41, 5.74) is 1.31. The van der Waals surface area contributed by atoms with E-state index in [0.717, 1.165) is 19.5 Å². The summed E-state index contributed by atoms with van der Waals surface area (Å²) in [6.07, 6.45) is 3.47. The molecular weight excluding hydrogens is 182 g/mol. The smallest absolute Gasteiger partial charge is 0.0579 e. The Balaban J connectivity index is 2.08. The lowest BCUT2D eigenvalue weighted by Crippen LogP contribution is -2.12. The van der Waals surface area contributed by atoms with E-state index in [9.17, 15) is 0 Å². The van der Waals surface area contributed by atoms with Gasteiger partial charge in [0.25, 0.3) is 0 Å². The van der Waals surface area contributed by atoms with E-state index in [2.05, 4.69) is 48.3 Å². The van der Waals surface area contributed by atoms with Crippen LogP contribution >= 0.6 is 0 Å². The van der Waals surface area contributed by atoms with Crippen molar-refractivity contribution in [3.63, 3.8) is 0 Å². The van der Waals surface area contributed by atoms with Crippen LogP contribution in [0.5, 0.6) is 0 Å². The van der Waals surface area contributed by atoms with Crippen LogP contribution in [0.3, 0.4) is 0 Å². The van der Waals surface area contributed by atoms with E-state index in [-0.39, 0.29) is 0 Å². The highest BCUT2D eigenvalue weighted by molar-refractivity contribution is 5.14. The van der Waals surface area contributed by atoms with Gasteiger partial charge in [-0.1, -0.05) is 49.6 Å². The maximum absolute atomic E-state index is 3.30. The third-order valence-corrected chi connectivity index (χ3v) is 2.17. The van der Waals surface area contributed by atoms with Crippen molar-refractivity contribution in [3.05, 3.63) is 35.9 Å². The molecule has 0 radical (unpaired) electrons. The molecule has 1 heteroatoms. The van der Waals surface area contributed by atoms with Gasteiger partial charge in [-0.3, -0.25) is 0 Å². The molecule has 1 aromatic carbocycles. The van der Waals surface area contributed by atoms with E-state index in [4.69, 9.17) is 0 Å². The normalized spacial score (nSPS) is 9.40. The van der Waals surface area contributed by atoms with Gasteiger partial charge in [-0.15, -0.1) is 5.92 Å². The third-order valence-electron chi connectivity index (χ3n) is 2.17. The second kappa shape index (κ2) is 8.08. The van der Waals surface area contributed by atoms with Crippen molar-refractivity contribution in [2.75, 3.05) is 6.54 Å². The molecule has 0 amide bonds. The molecule has 1 rings (SSSR count). The number of rotatable bonds is 5. The molecule has 0 aliphatic rings. The number of unbranched alkanes of at least 4 members (excludes halogenated alkanes) is 2. The van der Waals surface area contributed by atoms with Gasteiger partial charge in [-0.25, -0.2) is 0 Å². The van der Waals surface area contributed by atoms with Gasteiger partial charge in [0.1, 0.15) is 0 Å². The quantitative estimate of drug-likeness (QED) is 0.570. The van der Waals surface area contributed by atoms with E-state index >= 15 is 0 Å². The Kier molecular flexibility index (Phi) is 6.36. The van der Waals surface area contributed by atoms with Crippen molar-refractivity contribution in [3.8, 4) is 11.8 Å². The molecule has 0 spiro atoms. The van der Waals surface area contributed by atoms with Crippen LogP contribution in [0.25, 0.3) is 0 Å². The van der Waals surface area contributed by atoms with E-state index in [1.165, 1.54) is 18.4 Å². The average Bonchev–Trinajstić information content (AvgIpc) is 2.29. The largest absolute Gasteiger partial charge is 0.302 e. The molecule has 0 heterocycles. The fourth-order valence-corrected chi connectivity index (χ4v) is 1.28. The van der Waals surface area contributed by atoms with Crippen LogP contribution in [-0.2, 0) is 6.54 Å². The molecular formula is C14H19N. The van der Waals surface area contributed by atoms with E-state index in [0.29, 0.717) is 0 Å². The van der Waals surface area contributed by atoms with Gasteiger partial charge < -0.3 is 5.32 Å². The van der Waals surface area contributed by atoms with Crippen molar-refractivity contribution < 1.29 is 0 Å². The molecule has 15 heavy (non-hydrogen) atoms. The fraction of sp³-hybridized carbons (Fsp3) is 0.429. The van der Waals surface area contributed by atoms with E-state index in [1.54, 1.807) is 0 Å². The van der Waals surface area contributed by atoms with Gasteiger partial charge in [0.2, 0.25) is 0 Å². The zero-order valence-electron chi connectivity index (χ0n) is 9.42. The number of nitrogens with one attached hydrogen (secondary N) is 1. The van der Waals surface area contributed by atoms with Crippen LogP contribution in [0.1, 0.15) is 31.7 Å². The maximum Gasteiger partial charge on any atom is 0.0579 e. The van der Waals surface area contributed by atoms with Crippen molar-refractivity contribution in [1.29, 1.82) is 0 Å². The summed E-state index contributed by atoms with van der Waals surface area (Å²) in [6, 6.07) is 10.4. The molecule has 0 saturated heterocycles. The van der Waals surface area contributed by atoms with Crippen molar-refractivity contribution in [1.82, 2.24) is 5.32 Å². The first-order valence-electron chi connectivity index (χ1n) is 5.64. The standard InChI is InChI=1S/C14H19N/c1-2-3-4-5-9-12-15-13-14-10-7-6-8-11-14/h6-8,10-11,15H,2-4,12-13H2,1H3. The van der Waals surface area contributed by atoms with Crippen LogP contribution in [0.15, 0.2) is 30.3 Å². The topological polar surface area (TPSA) is 12.0 Å². The lowest BCUT2D eigenvalue weighted by Gasteiger charge is -1.99. The Morgan fingerprint density at radius 1 is 1.13 bits per heavy atom. The molecule has 0 unspecified atom stereocenters. The first kappa shape index (κ1) is 11.8. The van der Waals surface area contributed by atoms with Crippen molar-refractivity contribution >= 4 is 0 Å². The number of hydrogen-bond donors (Lipinski definition) is 1. The molecule has 1 aromatic rings. The minimum atomic E-state index is 0.790. The zero-order valence-corrected chi connectivity index (χ0v) is 9.42. The lowest BCUT2D eigenvalue weighted by atomic mass is 10.2. The van der Waals surface area contributed by atoms with Crippen molar-refractivity contribution in [2.24, 2.45) is 0 Å². The number of hydrogen-bond acceptors (Lipinski definition) is 1. The molecule has 0 aromatic heterocycles. The molecule has 1 nitrogen and oxygen atoms in total. The highest BCUT2D eigenvalue weighted by atomic mass is 14.8. The van der Waals surface area contributed by atoms with Crippen LogP contribution < -0.4 is 5.32 Å². The monoisotopic (exact) mass is 201 g/mol.